The fourth-order valence-electron chi connectivity index (χ4n) is 5.24. The van der Waals surface area contributed by atoms with Gasteiger partial charge < -0.3 is 15.7 Å². The van der Waals surface area contributed by atoms with E-state index in [0.717, 1.165) is 43.7 Å². The highest BCUT2D eigenvalue weighted by atomic mass is 19.1. The van der Waals surface area contributed by atoms with Gasteiger partial charge in [0.1, 0.15) is 17.4 Å². The van der Waals surface area contributed by atoms with E-state index >= 15 is 0 Å². The van der Waals surface area contributed by atoms with Gasteiger partial charge >= 0.3 is 0 Å². The van der Waals surface area contributed by atoms with Crippen molar-refractivity contribution in [2.75, 3.05) is 6.54 Å². The number of aliphatic hydroxyl groups excluding tert-OH is 1. The van der Waals surface area contributed by atoms with E-state index in [-0.39, 0.29) is 42.9 Å². The Labute approximate surface area is 219 Å². The molecule has 3 N–H and O–H groups in total. The fourth-order valence-corrected chi connectivity index (χ4v) is 5.24. The number of ketones is 1. The van der Waals surface area contributed by atoms with Gasteiger partial charge in [-0.15, -0.1) is 0 Å². The maximum atomic E-state index is 13.8. The van der Waals surface area contributed by atoms with Gasteiger partial charge in [0.15, 0.2) is 0 Å². The van der Waals surface area contributed by atoms with Gasteiger partial charge in [0.2, 0.25) is 5.91 Å². The number of benzene rings is 2. The molecule has 1 saturated carbocycles. The summed E-state index contributed by atoms with van der Waals surface area (Å²) >= 11 is 0. The highest BCUT2D eigenvalue weighted by Gasteiger charge is 2.30. The summed E-state index contributed by atoms with van der Waals surface area (Å²) in [6.45, 7) is 4.90. The molecule has 1 amide bonds. The third-order valence-corrected chi connectivity index (χ3v) is 7.25. The van der Waals surface area contributed by atoms with Crippen molar-refractivity contribution in [1.29, 1.82) is 0 Å². The van der Waals surface area contributed by atoms with Crippen LogP contribution in [0.1, 0.15) is 69.1 Å². The van der Waals surface area contributed by atoms with Crippen LogP contribution < -0.4 is 10.6 Å². The maximum Gasteiger partial charge on any atom is 0.220 e. The van der Waals surface area contributed by atoms with Crippen molar-refractivity contribution < 1.29 is 23.5 Å². The summed E-state index contributed by atoms with van der Waals surface area (Å²) in [5.41, 5.74) is 2.66. The minimum absolute atomic E-state index is 0.0195. The lowest BCUT2D eigenvalue weighted by atomic mass is 9.78. The fraction of sp³-hybridized carbons (Fsp3) is 0.533. The van der Waals surface area contributed by atoms with Crippen LogP contribution in [0, 0.1) is 23.5 Å². The Morgan fingerprint density at radius 2 is 1.78 bits per heavy atom. The molecule has 202 valence electrons. The zero-order valence-corrected chi connectivity index (χ0v) is 21.9. The lowest BCUT2D eigenvalue weighted by Crippen LogP contribution is -2.49. The minimum atomic E-state index is -0.980. The van der Waals surface area contributed by atoms with E-state index in [1.165, 1.54) is 17.7 Å². The van der Waals surface area contributed by atoms with Gasteiger partial charge in [-0.25, -0.2) is 8.78 Å². The number of rotatable bonds is 13. The molecule has 0 aromatic heterocycles. The second kappa shape index (κ2) is 14.3. The molecule has 1 aliphatic carbocycles. The van der Waals surface area contributed by atoms with E-state index in [1.807, 2.05) is 12.1 Å². The Hall–Kier alpha value is -2.64. The Morgan fingerprint density at radius 3 is 2.46 bits per heavy atom. The van der Waals surface area contributed by atoms with E-state index in [9.17, 15) is 23.5 Å². The maximum absolute atomic E-state index is 13.8. The Morgan fingerprint density at radius 1 is 1.05 bits per heavy atom. The Bertz CT molecular complexity index is 1020. The van der Waals surface area contributed by atoms with Crippen molar-refractivity contribution >= 4 is 11.7 Å². The number of nitrogens with one attached hydrogen (secondary N) is 2. The van der Waals surface area contributed by atoms with Gasteiger partial charge in [-0.05, 0) is 66.8 Å². The predicted molar refractivity (Wildman–Crippen MR) is 141 cm³/mol. The van der Waals surface area contributed by atoms with E-state index in [4.69, 9.17) is 0 Å². The van der Waals surface area contributed by atoms with E-state index in [1.54, 1.807) is 0 Å². The Kier molecular flexibility index (Phi) is 11.2. The topological polar surface area (TPSA) is 78.4 Å². The molecule has 7 heteroatoms. The normalized spacial score (nSPS) is 19.4. The molecule has 0 aliphatic heterocycles. The molecule has 3 rings (SSSR count). The molecule has 0 spiro atoms. The number of amides is 1. The molecule has 0 bridgehead atoms. The van der Waals surface area contributed by atoms with Crippen LogP contribution in [0.4, 0.5) is 8.78 Å². The molecule has 2 aromatic carbocycles. The van der Waals surface area contributed by atoms with Crippen molar-refractivity contribution in [3.05, 3.63) is 70.8 Å². The smallest absolute Gasteiger partial charge is 0.220 e. The van der Waals surface area contributed by atoms with Crippen LogP contribution in [0.15, 0.2) is 42.5 Å². The molecule has 5 nitrogen and oxygen atoms in total. The van der Waals surface area contributed by atoms with Crippen molar-refractivity contribution in [3.63, 3.8) is 0 Å². The van der Waals surface area contributed by atoms with Gasteiger partial charge in [-0.1, -0.05) is 44.5 Å². The Balaban J connectivity index is 1.61. The molecule has 0 radical (unpaired) electrons. The minimum Gasteiger partial charge on any atom is -0.390 e. The zero-order chi connectivity index (χ0) is 26.8. The first-order chi connectivity index (χ1) is 17.8. The van der Waals surface area contributed by atoms with Crippen LogP contribution in [-0.2, 0) is 29.0 Å². The van der Waals surface area contributed by atoms with E-state index < -0.39 is 23.8 Å². The average molecular weight is 515 g/mol. The van der Waals surface area contributed by atoms with Gasteiger partial charge in [0, 0.05) is 37.9 Å². The second-order valence-corrected chi connectivity index (χ2v) is 10.3. The van der Waals surface area contributed by atoms with Gasteiger partial charge in [-0.2, -0.15) is 0 Å². The SMILES string of the molecule is CCCC1CCC(CC(=O)N[C@@H](Cc2cc(F)cc(F)c2)[C@@H](O)CNCc2cccc(CC)c2)CC1=O. The number of hydrogen-bond donors (Lipinski definition) is 3. The molecule has 2 aromatic rings. The number of carbonyl (C=O) groups excluding carboxylic acids is 2. The van der Waals surface area contributed by atoms with Crippen LogP contribution in [-0.4, -0.2) is 35.5 Å². The first-order valence-corrected chi connectivity index (χ1v) is 13.5. The van der Waals surface area contributed by atoms with Crippen LogP contribution in [0.3, 0.4) is 0 Å². The number of aryl methyl sites for hydroxylation is 1. The number of halogens is 2. The molecular weight excluding hydrogens is 474 g/mol. The first kappa shape index (κ1) is 28.9. The monoisotopic (exact) mass is 514 g/mol. The van der Waals surface area contributed by atoms with Gasteiger partial charge in [0.25, 0.3) is 0 Å². The largest absolute Gasteiger partial charge is 0.390 e. The molecule has 0 saturated heterocycles. The van der Waals surface area contributed by atoms with E-state index in [0.29, 0.717) is 18.5 Å². The zero-order valence-electron chi connectivity index (χ0n) is 21.9. The molecule has 1 aliphatic rings. The van der Waals surface area contributed by atoms with Crippen molar-refractivity contribution in [1.82, 2.24) is 10.6 Å². The lowest BCUT2D eigenvalue weighted by molar-refractivity contribution is -0.128. The van der Waals surface area contributed by atoms with Crippen LogP contribution >= 0.6 is 0 Å². The van der Waals surface area contributed by atoms with Crippen molar-refractivity contribution in [2.45, 2.75) is 83.9 Å². The summed E-state index contributed by atoms with van der Waals surface area (Å²) in [5, 5.41) is 17.1. The molecule has 37 heavy (non-hydrogen) atoms. The molecule has 0 heterocycles. The third kappa shape index (κ3) is 9.31. The highest BCUT2D eigenvalue weighted by Crippen LogP contribution is 2.30. The third-order valence-electron chi connectivity index (χ3n) is 7.25. The first-order valence-electron chi connectivity index (χ1n) is 13.5. The standard InChI is InChI=1S/C30H40F2N2O3/c1-3-6-24-10-9-21(15-28(24)35)16-30(37)34-27(14-23-12-25(31)17-26(32)13-23)29(36)19-33-18-22-8-5-7-20(4-2)11-22/h5,7-8,11-13,17,21,24,27,29,33,36H,3-4,6,9-10,14-16,18-19H2,1-2H3,(H,34,37)/t21?,24?,27-,29-/m0/s1. The summed E-state index contributed by atoms with van der Waals surface area (Å²) < 4.78 is 27.6. The summed E-state index contributed by atoms with van der Waals surface area (Å²) in [4.78, 5) is 25.4. The molecule has 4 atom stereocenters. The summed E-state index contributed by atoms with van der Waals surface area (Å²) in [6, 6.07) is 10.6. The van der Waals surface area contributed by atoms with Crippen molar-refractivity contribution in [3.8, 4) is 0 Å². The molecular formula is C30H40F2N2O3. The number of Topliss-reactive ketones (excluding diaryl/α,β-unsaturated/α-hetero) is 1. The lowest BCUT2D eigenvalue weighted by Gasteiger charge is -2.29. The number of carbonyl (C=O) groups is 2. The molecule has 1 fully saturated rings. The van der Waals surface area contributed by atoms with Gasteiger partial charge in [-0.3, -0.25) is 9.59 Å². The predicted octanol–water partition coefficient (Wildman–Crippen LogP) is 4.88. The second-order valence-electron chi connectivity index (χ2n) is 10.3. The molecule has 2 unspecified atom stereocenters. The van der Waals surface area contributed by atoms with E-state index in [2.05, 4.69) is 36.6 Å². The highest BCUT2D eigenvalue weighted by molar-refractivity contribution is 5.83. The van der Waals surface area contributed by atoms with Crippen LogP contribution in [0.2, 0.25) is 0 Å². The summed E-state index contributed by atoms with van der Waals surface area (Å²) in [6.07, 6.45) is 4.13. The number of hydrogen-bond acceptors (Lipinski definition) is 4. The van der Waals surface area contributed by atoms with Crippen LogP contribution in [0.5, 0.6) is 0 Å². The van der Waals surface area contributed by atoms with Gasteiger partial charge in [0.05, 0.1) is 12.1 Å². The van der Waals surface area contributed by atoms with Crippen LogP contribution in [0.25, 0.3) is 0 Å². The quantitative estimate of drug-likeness (QED) is 0.356. The number of aliphatic hydroxyl groups is 1. The van der Waals surface area contributed by atoms with Crippen molar-refractivity contribution in [2.24, 2.45) is 11.8 Å². The summed E-state index contributed by atoms with van der Waals surface area (Å²) in [5.74, 6) is -1.35. The average Bonchev–Trinajstić information content (AvgIpc) is 2.85. The summed E-state index contributed by atoms with van der Waals surface area (Å²) in [7, 11) is 0.